The van der Waals surface area contributed by atoms with E-state index < -0.39 is 0 Å². The Hall–Kier alpha value is -4.37. The van der Waals surface area contributed by atoms with Crippen molar-refractivity contribution in [2.24, 2.45) is 5.10 Å². The first-order valence-electron chi connectivity index (χ1n) is 11.5. The summed E-state index contributed by atoms with van der Waals surface area (Å²) >= 11 is 1.28. The summed E-state index contributed by atoms with van der Waals surface area (Å²) in [6.07, 6.45) is 5.11. The summed E-state index contributed by atoms with van der Waals surface area (Å²) in [5, 5.41) is 13.4. The Bertz CT molecular complexity index is 1400. The zero-order valence-electron chi connectivity index (χ0n) is 20.8. The molecule has 0 radical (unpaired) electrons. The molecule has 1 aromatic heterocycles. The van der Waals surface area contributed by atoms with E-state index in [4.69, 9.17) is 9.47 Å². The van der Waals surface area contributed by atoms with Crippen LogP contribution in [0.2, 0.25) is 0 Å². The van der Waals surface area contributed by atoms with E-state index in [1.807, 2.05) is 90.4 Å². The van der Waals surface area contributed by atoms with Crippen molar-refractivity contribution < 1.29 is 14.3 Å². The van der Waals surface area contributed by atoms with Crippen molar-refractivity contribution in [2.75, 3.05) is 20.0 Å². The number of allylic oxidation sites excluding steroid dienone is 1. The summed E-state index contributed by atoms with van der Waals surface area (Å²) in [7, 11) is 3.25. The van der Waals surface area contributed by atoms with E-state index in [0.717, 1.165) is 33.9 Å². The molecule has 1 heterocycles. The van der Waals surface area contributed by atoms with Crippen molar-refractivity contribution in [3.05, 3.63) is 90.0 Å². The molecule has 1 N–H and O–H groups in total. The number of amides is 1. The summed E-state index contributed by atoms with van der Waals surface area (Å²) < 4.78 is 12.5. The van der Waals surface area contributed by atoms with Crippen molar-refractivity contribution in [3.8, 4) is 28.6 Å². The second-order valence-corrected chi connectivity index (χ2v) is 8.85. The van der Waals surface area contributed by atoms with Crippen LogP contribution < -0.4 is 14.9 Å². The van der Waals surface area contributed by atoms with Gasteiger partial charge in [-0.2, -0.15) is 5.10 Å². The Morgan fingerprint density at radius 1 is 1.00 bits per heavy atom. The van der Waals surface area contributed by atoms with Crippen LogP contribution in [-0.4, -0.2) is 46.9 Å². The fourth-order valence-corrected chi connectivity index (χ4v) is 4.23. The molecule has 0 spiro atoms. The topological polar surface area (TPSA) is 90.6 Å². The molecule has 0 atom stereocenters. The van der Waals surface area contributed by atoms with E-state index in [2.05, 4.69) is 20.7 Å². The number of benzene rings is 3. The quantitative estimate of drug-likeness (QED) is 0.179. The zero-order chi connectivity index (χ0) is 26.0. The number of nitrogens with zero attached hydrogens (tertiary/aromatic N) is 4. The molecule has 0 aliphatic heterocycles. The van der Waals surface area contributed by atoms with Gasteiger partial charge >= 0.3 is 0 Å². The predicted octanol–water partition coefficient (Wildman–Crippen LogP) is 5.17. The molecule has 0 aliphatic carbocycles. The monoisotopic (exact) mass is 513 g/mol. The zero-order valence-corrected chi connectivity index (χ0v) is 21.6. The maximum Gasteiger partial charge on any atom is 0.250 e. The van der Waals surface area contributed by atoms with E-state index in [9.17, 15) is 4.79 Å². The van der Waals surface area contributed by atoms with E-state index in [-0.39, 0.29) is 11.7 Å². The van der Waals surface area contributed by atoms with Crippen LogP contribution in [0, 0.1) is 6.92 Å². The fourth-order valence-electron chi connectivity index (χ4n) is 3.48. The first kappa shape index (κ1) is 25.7. The lowest BCUT2D eigenvalue weighted by atomic mass is 10.1. The lowest BCUT2D eigenvalue weighted by molar-refractivity contribution is -0.118. The molecule has 0 saturated carbocycles. The van der Waals surface area contributed by atoms with Gasteiger partial charge in [-0.25, -0.2) is 5.43 Å². The number of rotatable bonds is 10. The number of aryl methyl sites for hydroxylation is 1. The van der Waals surface area contributed by atoms with Gasteiger partial charge in [-0.15, -0.1) is 10.2 Å². The number of ether oxygens (including phenoxy) is 2. The van der Waals surface area contributed by atoms with Crippen LogP contribution in [0.25, 0.3) is 23.2 Å². The predicted molar refractivity (Wildman–Crippen MR) is 147 cm³/mol. The minimum absolute atomic E-state index is 0.121. The van der Waals surface area contributed by atoms with Crippen LogP contribution in [0.4, 0.5) is 0 Å². The number of hydrogen-bond acceptors (Lipinski definition) is 7. The largest absolute Gasteiger partial charge is 0.497 e. The van der Waals surface area contributed by atoms with Crippen LogP contribution in [0.5, 0.6) is 11.5 Å². The van der Waals surface area contributed by atoms with E-state index in [1.165, 1.54) is 18.0 Å². The highest BCUT2D eigenvalue weighted by Gasteiger charge is 2.17. The summed E-state index contributed by atoms with van der Waals surface area (Å²) in [4.78, 5) is 12.4. The van der Waals surface area contributed by atoms with Crippen LogP contribution in [0.1, 0.15) is 11.1 Å². The van der Waals surface area contributed by atoms with Crippen molar-refractivity contribution >= 4 is 30.0 Å². The molecule has 37 heavy (non-hydrogen) atoms. The van der Waals surface area contributed by atoms with Gasteiger partial charge in [0.1, 0.15) is 11.5 Å². The third-order valence-electron chi connectivity index (χ3n) is 5.37. The van der Waals surface area contributed by atoms with Crippen molar-refractivity contribution in [1.29, 1.82) is 0 Å². The van der Waals surface area contributed by atoms with Gasteiger partial charge < -0.3 is 9.47 Å². The number of hydrogen-bond donors (Lipinski definition) is 1. The van der Waals surface area contributed by atoms with E-state index in [1.54, 1.807) is 20.3 Å². The minimum Gasteiger partial charge on any atom is -0.497 e. The summed E-state index contributed by atoms with van der Waals surface area (Å²) in [5.74, 6) is 2.06. The van der Waals surface area contributed by atoms with Crippen LogP contribution in [0.15, 0.2) is 89.1 Å². The lowest BCUT2D eigenvalue weighted by Gasteiger charge is -2.11. The van der Waals surface area contributed by atoms with Crippen molar-refractivity contribution in [3.63, 3.8) is 0 Å². The number of methoxy groups -OCH3 is 2. The first-order chi connectivity index (χ1) is 18.1. The van der Waals surface area contributed by atoms with Gasteiger partial charge in [0.15, 0.2) is 11.0 Å². The van der Waals surface area contributed by atoms with Gasteiger partial charge in [-0.1, -0.05) is 59.8 Å². The number of thioether (sulfide) groups is 1. The molecule has 8 nitrogen and oxygen atoms in total. The Kier molecular flexibility index (Phi) is 8.72. The maximum atomic E-state index is 12.4. The molecule has 3 aromatic carbocycles. The van der Waals surface area contributed by atoms with Gasteiger partial charge in [0, 0.05) is 23.0 Å². The van der Waals surface area contributed by atoms with Gasteiger partial charge in [0.05, 0.1) is 20.0 Å². The van der Waals surface area contributed by atoms with E-state index in [0.29, 0.717) is 11.0 Å². The Morgan fingerprint density at radius 3 is 2.49 bits per heavy atom. The maximum absolute atomic E-state index is 12.4. The molecule has 188 valence electrons. The average molecular weight is 514 g/mol. The SMILES string of the molecule is COc1ccc(-n2c(SCC(=O)N/N=C\C=C\c3ccccc3OC)nnc2-c2ccc(C)cc2)cc1. The first-order valence-corrected chi connectivity index (χ1v) is 12.5. The number of carbonyl (C=O) groups is 1. The number of nitrogens with one attached hydrogen (secondary N) is 1. The second-order valence-electron chi connectivity index (χ2n) is 7.91. The van der Waals surface area contributed by atoms with Crippen molar-refractivity contribution in [1.82, 2.24) is 20.2 Å². The third-order valence-corrected chi connectivity index (χ3v) is 6.30. The standard InChI is InChI=1S/C28H27N5O3S/c1-20-10-12-22(13-11-20)27-31-32-28(33(27)23-14-16-24(35-2)17-15-23)37-19-26(34)30-29-18-6-8-21-7-4-5-9-25(21)36-3/h4-18H,19H2,1-3H3,(H,30,34)/b8-6+,29-18-. The molecule has 0 unspecified atom stereocenters. The molecule has 9 heteroatoms. The number of para-hydroxylation sites is 1. The van der Waals surface area contributed by atoms with Crippen LogP contribution in [0.3, 0.4) is 0 Å². The van der Waals surface area contributed by atoms with Gasteiger partial charge in [0.2, 0.25) is 0 Å². The summed E-state index contributed by atoms with van der Waals surface area (Å²) in [6.45, 7) is 2.04. The fraction of sp³-hybridized carbons (Fsp3) is 0.143. The van der Waals surface area contributed by atoms with Gasteiger partial charge in [-0.05, 0) is 49.4 Å². The number of hydrazone groups is 1. The highest BCUT2D eigenvalue weighted by atomic mass is 32.2. The molecule has 0 fully saturated rings. The van der Waals surface area contributed by atoms with Gasteiger partial charge in [0.25, 0.3) is 5.91 Å². The van der Waals surface area contributed by atoms with Gasteiger partial charge in [-0.3, -0.25) is 9.36 Å². The molecular formula is C28H27N5O3S. The molecule has 4 aromatic rings. The Balaban J connectivity index is 1.45. The third kappa shape index (κ3) is 6.65. The van der Waals surface area contributed by atoms with Crippen LogP contribution in [-0.2, 0) is 4.79 Å². The van der Waals surface area contributed by atoms with E-state index >= 15 is 0 Å². The molecule has 0 saturated heterocycles. The van der Waals surface area contributed by atoms with Crippen LogP contribution >= 0.6 is 11.8 Å². The smallest absolute Gasteiger partial charge is 0.250 e. The molecule has 0 aliphatic rings. The molecule has 1 amide bonds. The Morgan fingerprint density at radius 2 is 1.76 bits per heavy atom. The number of aromatic nitrogens is 3. The average Bonchev–Trinajstić information content (AvgIpc) is 3.36. The highest BCUT2D eigenvalue weighted by molar-refractivity contribution is 7.99. The number of carbonyl (C=O) groups excluding carboxylic acids is 1. The summed E-state index contributed by atoms with van der Waals surface area (Å²) in [6, 6.07) is 23.3. The second kappa shape index (κ2) is 12.5. The highest BCUT2D eigenvalue weighted by Crippen LogP contribution is 2.29. The van der Waals surface area contributed by atoms with Crippen molar-refractivity contribution in [2.45, 2.75) is 12.1 Å². The molecule has 4 rings (SSSR count). The normalized spacial score (nSPS) is 11.2. The summed E-state index contributed by atoms with van der Waals surface area (Å²) in [5.41, 5.74) is 6.41. The Labute approximate surface area is 220 Å². The lowest BCUT2D eigenvalue weighted by Crippen LogP contribution is -2.19. The minimum atomic E-state index is -0.256. The molecular weight excluding hydrogens is 486 g/mol. The molecule has 0 bridgehead atoms.